The lowest BCUT2D eigenvalue weighted by atomic mass is 10.00. The molecule has 1 heterocycles. The van der Waals surface area contributed by atoms with Gasteiger partial charge >= 0.3 is 6.03 Å². The van der Waals surface area contributed by atoms with Crippen molar-refractivity contribution in [1.29, 1.82) is 0 Å². The summed E-state index contributed by atoms with van der Waals surface area (Å²) in [7, 11) is 0. The van der Waals surface area contributed by atoms with E-state index in [1.54, 1.807) is 19.1 Å². The summed E-state index contributed by atoms with van der Waals surface area (Å²) in [4.78, 5) is 23.7. The number of carbonyl (C=O) groups excluding carboxylic acids is 2. The Bertz CT molecular complexity index is 556. The van der Waals surface area contributed by atoms with Crippen molar-refractivity contribution in [2.24, 2.45) is 5.10 Å². The second-order valence-corrected chi connectivity index (χ2v) is 4.57. The van der Waals surface area contributed by atoms with Gasteiger partial charge in [-0.05, 0) is 31.0 Å². The first-order valence-corrected chi connectivity index (χ1v) is 5.96. The van der Waals surface area contributed by atoms with Gasteiger partial charge in [-0.1, -0.05) is 19.1 Å². The Labute approximate surface area is 110 Å². The minimum absolute atomic E-state index is 0.0968. The number of hydrazone groups is 1. The van der Waals surface area contributed by atoms with Crippen LogP contribution in [0.15, 0.2) is 29.4 Å². The van der Waals surface area contributed by atoms with Gasteiger partial charge in [0.2, 0.25) is 0 Å². The molecule has 2 rings (SSSR count). The maximum Gasteiger partial charge on any atom is 0.346 e. The molecular formula is C13H15N3O3. The van der Waals surface area contributed by atoms with E-state index in [1.807, 2.05) is 6.92 Å². The van der Waals surface area contributed by atoms with Gasteiger partial charge in [0.1, 0.15) is 11.3 Å². The number of urea groups is 1. The summed E-state index contributed by atoms with van der Waals surface area (Å²) in [6.07, 6.45) is 1.86. The molecule has 1 fully saturated rings. The maximum absolute atomic E-state index is 12.0. The summed E-state index contributed by atoms with van der Waals surface area (Å²) >= 11 is 0. The summed E-state index contributed by atoms with van der Waals surface area (Å²) in [5.74, 6) is -0.282. The third-order valence-corrected chi connectivity index (χ3v) is 3.14. The lowest BCUT2D eigenvalue weighted by Gasteiger charge is -2.17. The van der Waals surface area contributed by atoms with E-state index in [4.69, 9.17) is 0 Å². The maximum atomic E-state index is 12.0. The highest BCUT2D eigenvalue weighted by atomic mass is 16.3. The van der Waals surface area contributed by atoms with Gasteiger partial charge < -0.3 is 10.4 Å². The predicted molar refractivity (Wildman–Crippen MR) is 69.8 cm³/mol. The zero-order valence-corrected chi connectivity index (χ0v) is 10.8. The molecule has 0 radical (unpaired) electrons. The number of nitrogens with zero attached hydrogens (tertiary/aromatic N) is 2. The molecule has 0 spiro atoms. The van der Waals surface area contributed by atoms with Gasteiger partial charge in [0.15, 0.2) is 0 Å². The van der Waals surface area contributed by atoms with Crippen LogP contribution in [0, 0.1) is 0 Å². The normalized spacial score (nSPS) is 23.2. The molecule has 1 atom stereocenters. The molecule has 1 aliphatic rings. The van der Waals surface area contributed by atoms with Crippen LogP contribution in [-0.2, 0) is 4.79 Å². The first kappa shape index (κ1) is 13.1. The van der Waals surface area contributed by atoms with E-state index < -0.39 is 11.6 Å². The highest BCUT2D eigenvalue weighted by Crippen LogP contribution is 2.21. The van der Waals surface area contributed by atoms with Crippen LogP contribution < -0.4 is 5.32 Å². The van der Waals surface area contributed by atoms with E-state index in [0.717, 1.165) is 5.01 Å². The van der Waals surface area contributed by atoms with E-state index in [9.17, 15) is 14.7 Å². The fraction of sp³-hybridized carbons (Fsp3) is 0.308. The number of hydrogen-bond acceptors (Lipinski definition) is 4. The molecule has 6 heteroatoms. The van der Waals surface area contributed by atoms with Gasteiger partial charge in [-0.2, -0.15) is 5.10 Å². The summed E-state index contributed by atoms with van der Waals surface area (Å²) in [5.41, 5.74) is -0.293. The second kappa shape index (κ2) is 4.72. The highest BCUT2D eigenvalue weighted by Gasteiger charge is 2.46. The minimum Gasteiger partial charge on any atom is -0.508 e. The third kappa shape index (κ3) is 2.42. The Morgan fingerprint density at radius 2 is 2.21 bits per heavy atom. The Kier molecular flexibility index (Phi) is 3.25. The molecule has 19 heavy (non-hydrogen) atoms. The summed E-state index contributed by atoms with van der Waals surface area (Å²) in [6, 6.07) is 5.84. The van der Waals surface area contributed by atoms with Crippen molar-refractivity contribution in [3.05, 3.63) is 29.8 Å². The average Bonchev–Trinajstić information content (AvgIpc) is 2.59. The van der Waals surface area contributed by atoms with Gasteiger partial charge in [-0.25, -0.2) is 4.79 Å². The third-order valence-electron chi connectivity index (χ3n) is 3.14. The number of nitrogens with one attached hydrogen (secondary N) is 1. The molecule has 6 nitrogen and oxygen atoms in total. The summed E-state index contributed by atoms with van der Waals surface area (Å²) < 4.78 is 0. The first-order valence-electron chi connectivity index (χ1n) is 5.96. The molecule has 2 N–H and O–H groups in total. The van der Waals surface area contributed by atoms with Crippen LogP contribution in [0.3, 0.4) is 0 Å². The zero-order chi connectivity index (χ0) is 14.0. The number of hydrogen-bond donors (Lipinski definition) is 2. The van der Waals surface area contributed by atoms with Crippen molar-refractivity contribution in [3.63, 3.8) is 0 Å². The standard InChI is InChI=1S/C13H15N3O3/c1-3-13(2)11(18)16(12(19)15-13)14-8-9-5-4-6-10(17)7-9/h4-8,17H,3H2,1-2H3,(H,15,19)/b14-8-/t13-/m0/s1. The van der Waals surface area contributed by atoms with Gasteiger partial charge in [0.25, 0.3) is 5.91 Å². The Morgan fingerprint density at radius 3 is 2.79 bits per heavy atom. The topological polar surface area (TPSA) is 82.0 Å². The lowest BCUT2D eigenvalue weighted by molar-refractivity contribution is -0.130. The lowest BCUT2D eigenvalue weighted by Crippen LogP contribution is -2.42. The van der Waals surface area contributed by atoms with Crippen LogP contribution in [0.25, 0.3) is 0 Å². The van der Waals surface area contributed by atoms with Crippen molar-refractivity contribution in [2.45, 2.75) is 25.8 Å². The number of aromatic hydroxyl groups is 1. The summed E-state index contributed by atoms with van der Waals surface area (Å²) in [6.45, 7) is 3.48. The zero-order valence-electron chi connectivity index (χ0n) is 10.8. The van der Waals surface area contributed by atoms with Crippen LogP contribution in [0.5, 0.6) is 5.75 Å². The molecule has 0 saturated carbocycles. The molecule has 1 aliphatic heterocycles. The van der Waals surface area contributed by atoms with E-state index in [1.165, 1.54) is 18.3 Å². The van der Waals surface area contributed by atoms with Gasteiger partial charge in [-0.15, -0.1) is 5.01 Å². The average molecular weight is 261 g/mol. The van der Waals surface area contributed by atoms with Crippen LogP contribution in [0.1, 0.15) is 25.8 Å². The van der Waals surface area contributed by atoms with Crippen LogP contribution >= 0.6 is 0 Å². The predicted octanol–water partition coefficient (Wildman–Crippen LogP) is 1.45. The van der Waals surface area contributed by atoms with Crippen molar-refractivity contribution in [2.75, 3.05) is 0 Å². The number of rotatable bonds is 3. The Balaban J connectivity index is 2.20. The van der Waals surface area contributed by atoms with E-state index in [2.05, 4.69) is 10.4 Å². The van der Waals surface area contributed by atoms with Crippen molar-refractivity contribution < 1.29 is 14.7 Å². The Hall–Kier alpha value is -2.37. The van der Waals surface area contributed by atoms with Crippen molar-refractivity contribution >= 4 is 18.2 Å². The van der Waals surface area contributed by atoms with E-state index in [0.29, 0.717) is 12.0 Å². The number of phenolic OH excluding ortho intramolecular Hbond substituents is 1. The molecule has 1 aromatic carbocycles. The van der Waals surface area contributed by atoms with Crippen LogP contribution in [-0.4, -0.2) is 33.8 Å². The molecule has 0 unspecified atom stereocenters. The van der Waals surface area contributed by atoms with Crippen molar-refractivity contribution in [1.82, 2.24) is 10.3 Å². The SMILES string of the molecule is CC[C@]1(C)NC(=O)N(/N=C\c2cccc(O)c2)C1=O. The molecule has 3 amide bonds. The van der Waals surface area contributed by atoms with Crippen LogP contribution in [0.2, 0.25) is 0 Å². The number of imide groups is 1. The molecule has 0 bridgehead atoms. The fourth-order valence-corrected chi connectivity index (χ4v) is 1.74. The molecule has 1 saturated heterocycles. The van der Waals surface area contributed by atoms with E-state index in [-0.39, 0.29) is 11.7 Å². The number of benzene rings is 1. The van der Waals surface area contributed by atoms with Gasteiger partial charge in [-0.3, -0.25) is 4.79 Å². The highest BCUT2D eigenvalue weighted by molar-refractivity contribution is 6.07. The molecule has 0 aromatic heterocycles. The van der Waals surface area contributed by atoms with Crippen LogP contribution in [0.4, 0.5) is 4.79 Å². The first-order chi connectivity index (χ1) is 8.96. The molecular weight excluding hydrogens is 246 g/mol. The summed E-state index contributed by atoms with van der Waals surface area (Å²) in [5, 5.41) is 16.6. The number of amides is 3. The van der Waals surface area contributed by atoms with Gasteiger partial charge in [0, 0.05) is 0 Å². The quantitative estimate of drug-likeness (QED) is 0.638. The fourth-order valence-electron chi connectivity index (χ4n) is 1.74. The largest absolute Gasteiger partial charge is 0.508 e. The van der Waals surface area contributed by atoms with Gasteiger partial charge in [0.05, 0.1) is 6.21 Å². The number of carbonyl (C=O) groups is 2. The molecule has 100 valence electrons. The number of phenols is 1. The Morgan fingerprint density at radius 1 is 1.47 bits per heavy atom. The smallest absolute Gasteiger partial charge is 0.346 e. The second-order valence-electron chi connectivity index (χ2n) is 4.57. The van der Waals surface area contributed by atoms with Crippen molar-refractivity contribution in [3.8, 4) is 5.75 Å². The minimum atomic E-state index is -0.896. The van der Waals surface area contributed by atoms with E-state index >= 15 is 0 Å². The monoisotopic (exact) mass is 261 g/mol. The molecule has 1 aromatic rings. The molecule has 0 aliphatic carbocycles.